The highest BCUT2D eigenvalue weighted by atomic mass is 127. The maximum Gasteiger partial charge on any atom is 0.191 e. The van der Waals surface area contributed by atoms with E-state index < -0.39 is 0 Å². The fourth-order valence-corrected chi connectivity index (χ4v) is 1.86. The third-order valence-electron chi connectivity index (χ3n) is 2.73. The molecular formula is C13H28IN3O2. The Bertz CT molecular complexity index is 226. The Balaban J connectivity index is 0.00000324. The molecular weight excluding hydrogens is 357 g/mol. The van der Waals surface area contributed by atoms with Crippen molar-refractivity contribution in [2.45, 2.75) is 39.2 Å². The molecule has 0 aromatic carbocycles. The van der Waals surface area contributed by atoms with E-state index in [0.29, 0.717) is 6.10 Å². The van der Waals surface area contributed by atoms with Gasteiger partial charge < -0.3 is 20.1 Å². The van der Waals surface area contributed by atoms with Gasteiger partial charge in [0, 0.05) is 32.8 Å². The van der Waals surface area contributed by atoms with Gasteiger partial charge in [0.05, 0.1) is 12.7 Å². The number of halogens is 1. The Morgan fingerprint density at radius 1 is 1.32 bits per heavy atom. The standard InChI is InChI=1S/C13H27N3O2.HI/c1-3-14-13(15-4-2)16-8-6-9-17-11-12-7-5-10-18-12;/h12H,3-11H2,1-2H3,(H2,14,15,16);1H. The van der Waals surface area contributed by atoms with Crippen LogP contribution in [0.2, 0.25) is 0 Å². The van der Waals surface area contributed by atoms with Gasteiger partial charge in [-0.2, -0.15) is 0 Å². The summed E-state index contributed by atoms with van der Waals surface area (Å²) in [5.41, 5.74) is 0. The molecule has 0 aromatic rings. The molecule has 0 saturated carbocycles. The van der Waals surface area contributed by atoms with E-state index in [-0.39, 0.29) is 24.0 Å². The van der Waals surface area contributed by atoms with Crippen LogP contribution in [0.25, 0.3) is 0 Å². The molecule has 0 radical (unpaired) electrons. The van der Waals surface area contributed by atoms with Crippen molar-refractivity contribution in [2.75, 3.05) is 39.5 Å². The van der Waals surface area contributed by atoms with Crippen molar-refractivity contribution in [3.05, 3.63) is 0 Å². The highest BCUT2D eigenvalue weighted by molar-refractivity contribution is 14.0. The van der Waals surface area contributed by atoms with E-state index in [4.69, 9.17) is 9.47 Å². The molecule has 1 rings (SSSR count). The minimum atomic E-state index is 0. The van der Waals surface area contributed by atoms with Crippen molar-refractivity contribution in [3.8, 4) is 0 Å². The van der Waals surface area contributed by atoms with Gasteiger partial charge in [-0.15, -0.1) is 24.0 Å². The predicted octanol–water partition coefficient (Wildman–Crippen LogP) is 1.77. The average Bonchev–Trinajstić information content (AvgIpc) is 2.87. The summed E-state index contributed by atoms with van der Waals surface area (Å²) in [6.45, 7) is 9.09. The lowest BCUT2D eigenvalue weighted by atomic mass is 10.2. The predicted molar refractivity (Wildman–Crippen MR) is 89.5 cm³/mol. The molecule has 0 bridgehead atoms. The molecule has 5 nitrogen and oxygen atoms in total. The van der Waals surface area contributed by atoms with Crippen LogP contribution in [0.15, 0.2) is 4.99 Å². The summed E-state index contributed by atoms with van der Waals surface area (Å²) in [4.78, 5) is 4.46. The smallest absolute Gasteiger partial charge is 0.191 e. The van der Waals surface area contributed by atoms with Crippen molar-refractivity contribution in [3.63, 3.8) is 0 Å². The minimum absolute atomic E-state index is 0. The van der Waals surface area contributed by atoms with Gasteiger partial charge >= 0.3 is 0 Å². The van der Waals surface area contributed by atoms with Crippen LogP contribution in [0.3, 0.4) is 0 Å². The van der Waals surface area contributed by atoms with Crippen molar-refractivity contribution < 1.29 is 9.47 Å². The second-order valence-corrected chi connectivity index (χ2v) is 4.35. The van der Waals surface area contributed by atoms with E-state index in [9.17, 15) is 0 Å². The van der Waals surface area contributed by atoms with Crippen LogP contribution in [-0.2, 0) is 9.47 Å². The van der Waals surface area contributed by atoms with E-state index in [2.05, 4.69) is 29.5 Å². The van der Waals surface area contributed by atoms with Crippen LogP contribution in [0.4, 0.5) is 0 Å². The zero-order chi connectivity index (χ0) is 13.1. The van der Waals surface area contributed by atoms with Crippen LogP contribution < -0.4 is 10.6 Å². The first kappa shape index (κ1) is 18.9. The lowest BCUT2D eigenvalue weighted by Crippen LogP contribution is -2.37. The van der Waals surface area contributed by atoms with E-state index in [1.54, 1.807) is 0 Å². The largest absolute Gasteiger partial charge is 0.379 e. The first-order chi connectivity index (χ1) is 8.86. The Hall–Kier alpha value is -0.0800. The molecule has 1 unspecified atom stereocenters. The van der Waals surface area contributed by atoms with Gasteiger partial charge in [0.2, 0.25) is 0 Å². The molecule has 0 aromatic heterocycles. The van der Waals surface area contributed by atoms with Crippen LogP contribution in [-0.4, -0.2) is 51.5 Å². The van der Waals surface area contributed by atoms with Crippen LogP contribution in [0, 0.1) is 0 Å². The number of nitrogens with one attached hydrogen (secondary N) is 2. The summed E-state index contributed by atoms with van der Waals surface area (Å²) in [6, 6.07) is 0. The second-order valence-electron chi connectivity index (χ2n) is 4.35. The van der Waals surface area contributed by atoms with Gasteiger partial charge in [-0.3, -0.25) is 4.99 Å². The molecule has 1 atom stereocenters. The quantitative estimate of drug-likeness (QED) is 0.290. The third-order valence-corrected chi connectivity index (χ3v) is 2.73. The number of nitrogens with zero attached hydrogens (tertiary/aromatic N) is 1. The first-order valence-electron chi connectivity index (χ1n) is 7.08. The normalized spacial score (nSPS) is 17.7. The molecule has 114 valence electrons. The number of hydrogen-bond donors (Lipinski definition) is 2. The number of hydrogen-bond acceptors (Lipinski definition) is 3. The van der Waals surface area contributed by atoms with Gasteiger partial charge in [0.15, 0.2) is 5.96 Å². The molecule has 1 aliphatic heterocycles. The van der Waals surface area contributed by atoms with Crippen molar-refractivity contribution in [1.29, 1.82) is 0 Å². The average molecular weight is 385 g/mol. The van der Waals surface area contributed by atoms with E-state index in [1.807, 2.05) is 0 Å². The summed E-state index contributed by atoms with van der Waals surface area (Å²) in [5, 5.41) is 6.39. The van der Waals surface area contributed by atoms with E-state index >= 15 is 0 Å². The monoisotopic (exact) mass is 385 g/mol. The van der Waals surface area contributed by atoms with Crippen LogP contribution in [0.5, 0.6) is 0 Å². The Morgan fingerprint density at radius 2 is 2.05 bits per heavy atom. The van der Waals surface area contributed by atoms with Crippen molar-refractivity contribution in [2.24, 2.45) is 4.99 Å². The van der Waals surface area contributed by atoms with E-state index in [1.165, 1.54) is 6.42 Å². The van der Waals surface area contributed by atoms with Crippen molar-refractivity contribution >= 4 is 29.9 Å². The summed E-state index contributed by atoms with van der Waals surface area (Å²) in [5.74, 6) is 0.888. The summed E-state index contributed by atoms with van der Waals surface area (Å²) >= 11 is 0. The molecule has 0 amide bonds. The number of aliphatic imine (C=N–C) groups is 1. The topological polar surface area (TPSA) is 54.9 Å². The number of ether oxygens (including phenoxy) is 2. The van der Waals surface area contributed by atoms with Gasteiger partial charge in [-0.25, -0.2) is 0 Å². The Kier molecular flexibility index (Phi) is 12.9. The molecule has 0 spiro atoms. The first-order valence-corrected chi connectivity index (χ1v) is 7.08. The fraction of sp³-hybridized carbons (Fsp3) is 0.923. The fourth-order valence-electron chi connectivity index (χ4n) is 1.86. The molecule has 1 saturated heterocycles. The zero-order valence-corrected chi connectivity index (χ0v) is 14.4. The van der Waals surface area contributed by atoms with Gasteiger partial charge in [-0.1, -0.05) is 0 Å². The van der Waals surface area contributed by atoms with Crippen LogP contribution >= 0.6 is 24.0 Å². The van der Waals surface area contributed by atoms with Gasteiger partial charge in [0.25, 0.3) is 0 Å². The Labute approximate surface area is 133 Å². The molecule has 2 N–H and O–H groups in total. The maximum atomic E-state index is 5.58. The lowest BCUT2D eigenvalue weighted by Gasteiger charge is -2.10. The maximum absolute atomic E-state index is 5.58. The lowest BCUT2D eigenvalue weighted by molar-refractivity contribution is 0.0171. The molecule has 0 aliphatic carbocycles. The van der Waals surface area contributed by atoms with Crippen molar-refractivity contribution in [1.82, 2.24) is 10.6 Å². The SMILES string of the molecule is CCNC(=NCCCOCC1CCCO1)NCC.I. The number of rotatable bonds is 8. The Morgan fingerprint density at radius 3 is 2.63 bits per heavy atom. The summed E-state index contributed by atoms with van der Waals surface area (Å²) < 4.78 is 11.1. The highest BCUT2D eigenvalue weighted by Crippen LogP contribution is 2.11. The molecule has 1 heterocycles. The van der Waals surface area contributed by atoms with Gasteiger partial charge in [0.1, 0.15) is 0 Å². The summed E-state index contributed by atoms with van der Waals surface area (Å²) in [6.07, 6.45) is 3.59. The molecule has 1 fully saturated rings. The molecule has 1 aliphatic rings. The van der Waals surface area contributed by atoms with Gasteiger partial charge in [-0.05, 0) is 33.1 Å². The minimum Gasteiger partial charge on any atom is -0.379 e. The zero-order valence-electron chi connectivity index (χ0n) is 12.1. The number of guanidine groups is 1. The van der Waals surface area contributed by atoms with Crippen LogP contribution in [0.1, 0.15) is 33.1 Å². The summed E-state index contributed by atoms with van der Waals surface area (Å²) in [7, 11) is 0. The molecule has 6 heteroatoms. The highest BCUT2D eigenvalue weighted by Gasteiger charge is 2.14. The van der Waals surface area contributed by atoms with E-state index in [0.717, 1.165) is 58.3 Å². The molecule has 19 heavy (non-hydrogen) atoms. The second kappa shape index (κ2) is 12.9. The third kappa shape index (κ3) is 9.45.